The Bertz CT molecular complexity index is 605. The standard InChI is InChI=1S/C8H10ClNO4S3/c9-7-1-2-8(15-7)17(13,14)10-3-5-16(11,12)6-4-10/h1-2H,3-6H2. The number of rotatable bonds is 2. The van der Waals surface area contributed by atoms with Gasteiger partial charge in [0.25, 0.3) is 10.0 Å². The van der Waals surface area contributed by atoms with Crippen molar-refractivity contribution in [2.45, 2.75) is 4.21 Å². The zero-order valence-corrected chi connectivity index (χ0v) is 11.9. The molecule has 0 bridgehead atoms. The van der Waals surface area contributed by atoms with E-state index < -0.39 is 19.9 Å². The maximum atomic E-state index is 12.1. The molecule has 1 aromatic rings. The van der Waals surface area contributed by atoms with Crippen LogP contribution in [0.5, 0.6) is 0 Å². The van der Waals surface area contributed by atoms with Crippen molar-refractivity contribution >= 4 is 42.8 Å². The summed E-state index contributed by atoms with van der Waals surface area (Å²) in [7, 11) is -6.67. The predicted octanol–water partition coefficient (Wildman–Crippen LogP) is 0.821. The molecule has 5 nitrogen and oxygen atoms in total. The predicted molar refractivity (Wildman–Crippen MR) is 66.7 cm³/mol. The SMILES string of the molecule is O=S1(=O)CCN(S(=O)(=O)c2ccc(Cl)s2)CC1. The van der Waals surface area contributed by atoms with Gasteiger partial charge >= 0.3 is 0 Å². The molecule has 0 spiro atoms. The molecule has 0 unspecified atom stereocenters. The number of sulfone groups is 1. The lowest BCUT2D eigenvalue weighted by Crippen LogP contribution is -2.43. The fourth-order valence-electron chi connectivity index (χ4n) is 1.50. The molecule has 0 atom stereocenters. The van der Waals surface area contributed by atoms with Crippen LogP contribution in [-0.2, 0) is 19.9 Å². The van der Waals surface area contributed by atoms with E-state index in [1.165, 1.54) is 16.4 Å². The Morgan fingerprint density at radius 3 is 2.29 bits per heavy atom. The second-order valence-corrected chi connectivity index (χ2v) is 9.80. The zero-order valence-electron chi connectivity index (χ0n) is 8.67. The Labute approximate surface area is 109 Å². The third-order valence-corrected chi connectivity index (χ3v) is 7.65. The fourth-order valence-corrected chi connectivity index (χ4v) is 6.01. The highest BCUT2D eigenvalue weighted by Gasteiger charge is 2.31. The highest BCUT2D eigenvalue weighted by atomic mass is 35.5. The highest BCUT2D eigenvalue weighted by molar-refractivity contribution is 7.92. The molecule has 1 aromatic heterocycles. The quantitative estimate of drug-likeness (QED) is 0.810. The van der Waals surface area contributed by atoms with Crippen LogP contribution in [0.15, 0.2) is 16.3 Å². The molecule has 96 valence electrons. The van der Waals surface area contributed by atoms with Crippen LogP contribution in [0.4, 0.5) is 0 Å². The van der Waals surface area contributed by atoms with Crippen LogP contribution in [0.25, 0.3) is 0 Å². The molecule has 0 saturated carbocycles. The number of halogens is 1. The Kier molecular flexibility index (Phi) is 3.52. The molecule has 0 amide bonds. The minimum absolute atomic E-state index is 0.0141. The topological polar surface area (TPSA) is 71.5 Å². The lowest BCUT2D eigenvalue weighted by Gasteiger charge is -2.25. The van der Waals surface area contributed by atoms with E-state index in [1.807, 2.05) is 0 Å². The molecule has 17 heavy (non-hydrogen) atoms. The van der Waals surface area contributed by atoms with Crippen LogP contribution in [0, 0.1) is 0 Å². The van der Waals surface area contributed by atoms with Crippen LogP contribution in [0.3, 0.4) is 0 Å². The van der Waals surface area contributed by atoms with Crippen LogP contribution >= 0.6 is 22.9 Å². The lowest BCUT2D eigenvalue weighted by atomic mass is 10.6. The Balaban J connectivity index is 2.24. The van der Waals surface area contributed by atoms with E-state index in [2.05, 4.69) is 0 Å². The summed E-state index contributed by atoms with van der Waals surface area (Å²) in [6, 6.07) is 2.95. The number of thiophene rings is 1. The van der Waals surface area contributed by atoms with Crippen molar-refractivity contribution in [3.8, 4) is 0 Å². The molecule has 0 N–H and O–H groups in total. The van der Waals surface area contributed by atoms with Crippen molar-refractivity contribution in [1.29, 1.82) is 0 Å². The Morgan fingerprint density at radius 2 is 1.82 bits per heavy atom. The Morgan fingerprint density at radius 1 is 1.24 bits per heavy atom. The third-order valence-electron chi connectivity index (χ3n) is 2.45. The minimum Gasteiger partial charge on any atom is -0.229 e. The van der Waals surface area contributed by atoms with Gasteiger partial charge < -0.3 is 0 Å². The van der Waals surface area contributed by atoms with Gasteiger partial charge in [0.1, 0.15) is 4.21 Å². The highest BCUT2D eigenvalue weighted by Crippen LogP contribution is 2.28. The lowest BCUT2D eigenvalue weighted by molar-refractivity contribution is 0.432. The second-order valence-electron chi connectivity index (χ2n) is 3.61. The number of hydrogen-bond acceptors (Lipinski definition) is 5. The molecular formula is C8H10ClNO4S3. The molecule has 1 fully saturated rings. The van der Waals surface area contributed by atoms with Gasteiger partial charge in [0.2, 0.25) is 0 Å². The number of hydrogen-bond donors (Lipinski definition) is 0. The Hall–Kier alpha value is -0.150. The maximum Gasteiger partial charge on any atom is 0.252 e. The van der Waals surface area contributed by atoms with Crippen molar-refractivity contribution in [3.63, 3.8) is 0 Å². The average Bonchev–Trinajstić information content (AvgIpc) is 2.65. The molecule has 2 rings (SSSR count). The van der Waals surface area contributed by atoms with Crippen molar-refractivity contribution in [2.24, 2.45) is 0 Å². The average molecular weight is 316 g/mol. The third kappa shape index (κ3) is 2.82. The van der Waals surface area contributed by atoms with Gasteiger partial charge in [0.05, 0.1) is 15.8 Å². The van der Waals surface area contributed by atoms with E-state index in [0.29, 0.717) is 4.34 Å². The van der Waals surface area contributed by atoms with Crippen LogP contribution in [0.1, 0.15) is 0 Å². The summed E-state index contributed by atoms with van der Waals surface area (Å²) in [5, 5.41) is 0. The zero-order chi connectivity index (χ0) is 12.7. The van der Waals surface area contributed by atoms with Gasteiger partial charge in [-0.25, -0.2) is 16.8 Å². The molecule has 9 heteroatoms. The molecule has 1 saturated heterocycles. The van der Waals surface area contributed by atoms with Crippen molar-refractivity contribution < 1.29 is 16.8 Å². The smallest absolute Gasteiger partial charge is 0.229 e. The van der Waals surface area contributed by atoms with Gasteiger partial charge in [-0.05, 0) is 12.1 Å². The summed E-state index contributed by atoms with van der Waals surface area (Å²) in [5.41, 5.74) is 0. The van der Waals surface area contributed by atoms with Crippen molar-refractivity contribution in [2.75, 3.05) is 24.6 Å². The monoisotopic (exact) mass is 315 g/mol. The fraction of sp³-hybridized carbons (Fsp3) is 0.500. The minimum atomic E-state index is -3.59. The van der Waals surface area contributed by atoms with Gasteiger partial charge in [0, 0.05) is 13.1 Å². The first kappa shape index (κ1) is 13.3. The van der Waals surface area contributed by atoms with Crippen molar-refractivity contribution in [1.82, 2.24) is 4.31 Å². The molecule has 0 radical (unpaired) electrons. The van der Waals surface area contributed by atoms with Gasteiger partial charge in [-0.15, -0.1) is 11.3 Å². The molecule has 1 aliphatic rings. The normalized spacial score (nSPS) is 21.5. The van der Waals surface area contributed by atoms with Crippen LogP contribution in [0.2, 0.25) is 4.34 Å². The summed E-state index contributed by atoms with van der Waals surface area (Å²) < 4.78 is 48.4. The molecule has 2 heterocycles. The van der Waals surface area contributed by atoms with E-state index in [0.717, 1.165) is 11.3 Å². The maximum absolute atomic E-state index is 12.1. The van der Waals surface area contributed by atoms with Crippen LogP contribution in [-0.4, -0.2) is 45.7 Å². The van der Waals surface area contributed by atoms with Gasteiger partial charge in [-0.2, -0.15) is 4.31 Å². The summed E-state index contributed by atoms with van der Waals surface area (Å²) in [6.07, 6.45) is 0. The molecule has 0 aromatic carbocycles. The van der Waals surface area contributed by atoms with Crippen LogP contribution < -0.4 is 0 Å². The summed E-state index contributed by atoms with van der Waals surface area (Å²) >= 11 is 6.66. The molecule has 1 aliphatic heterocycles. The van der Waals surface area contributed by atoms with Gasteiger partial charge in [-0.3, -0.25) is 0 Å². The number of sulfonamides is 1. The first-order valence-electron chi connectivity index (χ1n) is 4.77. The van der Waals surface area contributed by atoms with E-state index in [4.69, 9.17) is 11.6 Å². The summed E-state index contributed by atoms with van der Waals surface area (Å²) in [5.74, 6) is -0.239. The number of nitrogens with zero attached hydrogens (tertiary/aromatic N) is 1. The largest absolute Gasteiger partial charge is 0.252 e. The van der Waals surface area contributed by atoms with E-state index >= 15 is 0 Å². The van der Waals surface area contributed by atoms with Gasteiger partial charge in [-0.1, -0.05) is 11.6 Å². The summed E-state index contributed by atoms with van der Waals surface area (Å²) in [4.78, 5) is 0. The van der Waals surface area contributed by atoms with E-state index in [-0.39, 0.29) is 28.8 Å². The summed E-state index contributed by atoms with van der Waals surface area (Å²) in [6.45, 7) is 0.0281. The molecular weight excluding hydrogens is 306 g/mol. The van der Waals surface area contributed by atoms with E-state index in [9.17, 15) is 16.8 Å². The molecule has 0 aliphatic carbocycles. The van der Waals surface area contributed by atoms with Gasteiger partial charge in [0.15, 0.2) is 9.84 Å². The van der Waals surface area contributed by atoms with Crippen molar-refractivity contribution in [3.05, 3.63) is 16.5 Å². The second kappa shape index (κ2) is 4.51. The van der Waals surface area contributed by atoms with E-state index in [1.54, 1.807) is 0 Å². The first-order valence-corrected chi connectivity index (χ1v) is 9.23. The first-order chi connectivity index (χ1) is 7.81.